The van der Waals surface area contributed by atoms with E-state index in [-0.39, 0.29) is 0 Å². The molecule has 0 saturated carbocycles. The normalized spacial score (nSPS) is 19.2. The molecule has 0 N–H and O–H groups in total. The third-order valence-corrected chi connectivity index (χ3v) is 5.45. The van der Waals surface area contributed by atoms with Crippen LogP contribution < -0.4 is 0 Å². The predicted octanol–water partition coefficient (Wildman–Crippen LogP) is 0.313. The van der Waals surface area contributed by atoms with Crippen LogP contribution in [0.4, 0.5) is 0 Å². The van der Waals surface area contributed by atoms with Crippen molar-refractivity contribution in [3.8, 4) is 0 Å². The van der Waals surface area contributed by atoms with E-state index in [1.807, 2.05) is 0 Å². The van der Waals surface area contributed by atoms with E-state index in [9.17, 15) is 14.4 Å². The molecular formula is C22H34N4O3. The van der Waals surface area contributed by atoms with Gasteiger partial charge in [0.15, 0.2) is 0 Å². The monoisotopic (exact) mass is 402 g/mol. The first-order valence-electron chi connectivity index (χ1n) is 10.4. The second kappa shape index (κ2) is 13.3. The number of hydrogen-bond donors (Lipinski definition) is 0. The van der Waals surface area contributed by atoms with Crippen LogP contribution in [0.2, 0.25) is 0 Å². The van der Waals surface area contributed by atoms with Crippen LogP contribution in [0.25, 0.3) is 0 Å². The highest BCUT2D eigenvalue weighted by atomic mass is 16.1. The summed E-state index contributed by atoms with van der Waals surface area (Å²) >= 11 is 0. The number of benzene rings is 1. The molecule has 0 radical (unpaired) electrons. The Bertz CT molecular complexity index is 597. The first-order valence-corrected chi connectivity index (χ1v) is 10.4. The minimum absolute atomic E-state index is 0.378. The van der Waals surface area contributed by atoms with Crippen LogP contribution in [-0.4, -0.2) is 110 Å². The van der Waals surface area contributed by atoms with E-state index in [1.165, 1.54) is 11.1 Å². The van der Waals surface area contributed by atoms with Crippen LogP contribution in [-0.2, 0) is 20.9 Å². The molecule has 1 saturated heterocycles. The minimum Gasteiger partial charge on any atom is -0.302 e. The molecule has 0 spiro atoms. The summed E-state index contributed by atoms with van der Waals surface area (Å²) in [4.78, 5) is 42.0. The first-order chi connectivity index (χ1) is 14.1. The molecule has 1 aromatic carbocycles. The maximum absolute atomic E-state index is 11.1. The van der Waals surface area contributed by atoms with Gasteiger partial charge in [-0.3, -0.25) is 19.6 Å². The summed E-state index contributed by atoms with van der Waals surface area (Å²) in [5.41, 5.74) is 2.51. The Morgan fingerprint density at radius 1 is 0.621 bits per heavy atom. The Morgan fingerprint density at radius 3 is 1.31 bits per heavy atom. The van der Waals surface area contributed by atoms with E-state index in [4.69, 9.17) is 0 Å². The summed E-state index contributed by atoms with van der Waals surface area (Å²) in [6.07, 6.45) is 2.82. The summed E-state index contributed by atoms with van der Waals surface area (Å²) in [5, 5.41) is 0. The summed E-state index contributed by atoms with van der Waals surface area (Å²) in [6, 6.07) is 8.58. The molecule has 1 aliphatic heterocycles. The van der Waals surface area contributed by atoms with E-state index < -0.39 is 0 Å². The molecule has 7 nitrogen and oxygen atoms in total. The van der Waals surface area contributed by atoms with Gasteiger partial charge in [0.2, 0.25) is 0 Å². The van der Waals surface area contributed by atoms with Crippen molar-refractivity contribution < 1.29 is 14.4 Å². The Morgan fingerprint density at radius 2 is 0.966 bits per heavy atom. The molecule has 0 atom stereocenters. The Hall–Kier alpha value is -1.93. The van der Waals surface area contributed by atoms with Crippen LogP contribution in [0.5, 0.6) is 0 Å². The lowest BCUT2D eigenvalue weighted by Gasteiger charge is -2.33. The second-order valence-corrected chi connectivity index (χ2v) is 7.66. The molecule has 0 amide bonds. The zero-order chi connectivity index (χ0) is 20.9. The maximum atomic E-state index is 11.1. The number of rotatable bonds is 8. The summed E-state index contributed by atoms with van der Waals surface area (Å²) in [7, 11) is 0. The average molecular weight is 403 g/mol. The molecule has 1 aliphatic rings. The second-order valence-electron chi connectivity index (χ2n) is 7.66. The smallest absolute Gasteiger partial charge is 0.133 e. The molecule has 29 heavy (non-hydrogen) atoms. The zero-order valence-electron chi connectivity index (χ0n) is 17.5. The fraction of sp³-hybridized carbons (Fsp3) is 0.591. The standard InChI is InChI=1S/C22H34N4O3/c1-21-2-4-22(5-3-21)20-26-12-10-24(15-18-28)8-6-23(14-17-27)7-9-25(11-13-26)16-19-29/h2-5,17-19H,6-16,20H2,1H3. The van der Waals surface area contributed by atoms with Crippen molar-refractivity contribution in [2.24, 2.45) is 0 Å². The van der Waals surface area contributed by atoms with Gasteiger partial charge in [-0.25, -0.2) is 0 Å². The van der Waals surface area contributed by atoms with E-state index in [1.54, 1.807) is 0 Å². The third kappa shape index (κ3) is 8.95. The fourth-order valence-corrected chi connectivity index (χ4v) is 3.55. The van der Waals surface area contributed by atoms with Gasteiger partial charge < -0.3 is 14.4 Å². The van der Waals surface area contributed by atoms with Crippen LogP contribution in [0.3, 0.4) is 0 Å². The highest BCUT2D eigenvalue weighted by Crippen LogP contribution is 2.08. The van der Waals surface area contributed by atoms with Gasteiger partial charge in [-0.15, -0.1) is 0 Å². The van der Waals surface area contributed by atoms with Gasteiger partial charge in [-0.1, -0.05) is 29.8 Å². The topological polar surface area (TPSA) is 64.2 Å². The number of aldehydes is 3. The lowest BCUT2D eigenvalue weighted by molar-refractivity contribution is -0.110. The predicted molar refractivity (Wildman–Crippen MR) is 114 cm³/mol. The maximum Gasteiger partial charge on any atom is 0.133 e. The average Bonchev–Trinajstić information content (AvgIpc) is 2.71. The number of hydrogen-bond acceptors (Lipinski definition) is 7. The van der Waals surface area contributed by atoms with E-state index >= 15 is 0 Å². The molecule has 2 rings (SSSR count). The largest absolute Gasteiger partial charge is 0.302 e. The quantitative estimate of drug-likeness (QED) is 0.580. The van der Waals surface area contributed by atoms with E-state index in [2.05, 4.69) is 50.8 Å². The zero-order valence-corrected chi connectivity index (χ0v) is 17.5. The SMILES string of the molecule is Cc1ccc(CN2CCN(CC=O)CCN(CC=O)CCN(CC=O)CC2)cc1. The molecular weight excluding hydrogens is 368 g/mol. The number of nitrogens with zero attached hydrogens (tertiary/aromatic N) is 4. The molecule has 1 aromatic rings. The highest BCUT2D eigenvalue weighted by molar-refractivity contribution is 5.52. The van der Waals surface area contributed by atoms with Gasteiger partial charge in [-0.2, -0.15) is 0 Å². The highest BCUT2D eigenvalue weighted by Gasteiger charge is 2.16. The number of aryl methyl sites for hydroxylation is 1. The van der Waals surface area contributed by atoms with Gasteiger partial charge in [0.25, 0.3) is 0 Å². The summed E-state index contributed by atoms with van der Waals surface area (Å²) < 4.78 is 0. The van der Waals surface area contributed by atoms with Crippen LogP contribution in [0.1, 0.15) is 11.1 Å². The molecule has 7 heteroatoms. The van der Waals surface area contributed by atoms with Crippen molar-refractivity contribution in [1.29, 1.82) is 0 Å². The summed E-state index contributed by atoms with van der Waals surface area (Å²) in [6.45, 7) is 10.4. The molecule has 0 bridgehead atoms. The molecule has 1 heterocycles. The molecule has 160 valence electrons. The fourth-order valence-electron chi connectivity index (χ4n) is 3.55. The van der Waals surface area contributed by atoms with Gasteiger partial charge in [0.1, 0.15) is 18.9 Å². The van der Waals surface area contributed by atoms with Crippen molar-refractivity contribution >= 4 is 18.9 Å². The Labute approximate surface area is 174 Å². The van der Waals surface area contributed by atoms with Crippen LogP contribution >= 0.6 is 0 Å². The van der Waals surface area contributed by atoms with E-state index in [0.717, 1.165) is 77.8 Å². The summed E-state index contributed by atoms with van der Waals surface area (Å²) in [5.74, 6) is 0. The van der Waals surface area contributed by atoms with E-state index in [0.29, 0.717) is 19.6 Å². The van der Waals surface area contributed by atoms with Gasteiger partial charge in [0, 0.05) is 58.9 Å². The first kappa shape index (κ1) is 23.3. The van der Waals surface area contributed by atoms with Gasteiger partial charge >= 0.3 is 0 Å². The van der Waals surface area contributed by atoms with Crippen molar-refractivity contribution in [2.75, 3.05) is 72.0 Å². The minimum atomic E-state index is 0.378. The van der Waals surface area contributed by atoms with Crippen molar-refractivity contribution in [2.45, 2.75) is 13.5 Å². The molecule has 0 aromatic heterocycles. The van der Waals surface area contributed by atoms with Crippen molar-refractivity contribution in [3.63, 3.8) is 0 Å². The van der Waals surface area contributed by atoms with Crippen molar-refractivity contribution in [3.05, 3.63) is 35.4 Å². The van der Waals surface area contributed by atoms with Gasteiger partial charge in [-0.05, 0) is 12.5 Å². The number of carbonyl (C=O) groups is 3. The van der Waals surface area contributed by atoms with Crippen LogP contribution in [0, 0.1) is 6.92 Å². The Kier molecular flexibility index (Phi) is 10.7. The Balaban J connectivity index is 2.08. The van der Waals surface area contributed by atoms with Crippen molar-refractivity contribution in [1.82, 2.24) is 19.6 Å². The lowest BCUT2D eigenvalue weighted by atomic mass is 10.1. The van der Waals surface area contributed by atoms with Gasteiger partial charge in [0.05, 0.1) is 19.6 Å². The third-order valence-electron chi connectivity index (χ3n) is 5.45. The lowest BCUT2D eigenvalue weighted by Crippen LogP contribution is -2.46. The molecule has 0 unspecified atom stereocenters. The molecule has 0 aliphatic carbocycles. The number of carbonyl (C=O) groups excluding carboxylic acids is 3. The van der Waals surface area contributed by atoms with Crippen LogP contribution in [0.15, 0.2) is 24.3 Å². The molecule has 1 fully saturated rings.